The molecule has 4 nitrogen and oxygen atoms in total. The third-order valence-corrected chi connectivity index (χ3v) is 2.15. The van der Waals surface area contributed by atoms with Crippen molar-refractivity contribution in [3.63, 3.8) is 0 Å². The molecule has 76 valence electrons. The zero-order chi connectivity index (χ0) is 10.7. The van der Waals surface area contributed by atoms with Crippen LogP contribution in [0.3, 0.4) is 0 Å². The molecule has 0 bridgehead atoms. The van der Waals surface area contributed by atoms with Gasteiger partial charge in [0.2, 0.25) is 5.91 Å². The van der Waals surface area contributed by atoms with Crippen molar-refractivity contribution in [2.24, 2.45) is 5.73 Å². The highest BCUT2D eigenvalue weighted by Gasteiger charge is 2.11. The molecule has 1 atom stereocenters. The molecular weight excluding hydrogens is 202 g/mol. The van der Waals surface area contributed by atoms with Gasteiger partial charge < -0.3 is 16.8 Å². The molecule has 0 saturated heterocycles. The van der Waals surface area contributed by atoms with Gasteiger partial charge in [0.05, 0.1) is 16.4 Å². The molecule has 1 unspecified atom stereocenters. The smallest absolute Gasteiger partial charge is 0.239 e. The van der Waals surface area contributed by atoms with Crippen molar-refractivity contribution in [3.8, 4) is 0 Å². The molecule has 1 aromatic rings. The Bertz CT molecular complexity index is 334. The van der Waals surface area contributed by atoms with Gasteiger partial charge in [-0.25, -0.2) is 0 Å². The SMILES string of the molecule is CC(Nc1c(N)cccc1Cl)C(N)=O. The summed E-state index contributed by atoms with van der Waals surface area (Å²) in [7, 11) is 0. The molecule has 0 radical (unpaired) electrons. The molecular formula is C9H12ClN3O. The lowest BCUT2D eigenvalue weighted by molar-refractivity contribution is -0.118. The number of nitrogens with two attached hydrogens (primary N) is 2. The molecule has 0 aromatic heterocycles. The summed E-state index contributed by atoms with van der Waals surface area (Å²) in [5.41, 5.74) is 11.8. The zero-order valence-corrected chi connectivity index (χ0v) is 8.51. The van der Waals surface area contributed by atoms with Crippen LogP contribution in [0.15, 0.2) is 18.2 Å². The first-order chi connectivity index (χ1) is 6.52. The number of carbonyl (C=O) groups excluding carboxylic acids is 1. The minimum Gasteiger partial charge on any atom is -0.397 e. The van der Waals surface area contributed by atoms with E-state index in [-0.39, 0.29) is 0 Å². The van der Waals surface area contributed by atoms with Gasteiger partial charge in [0.1, 0.15) is 6.04 Å². The first kappa shape index (κ1) is 10.7. The average molecular weight is 214 g/mol. The number of amides is 1. The Morgan fingerprint density at radius 1 is 1.57 bits per heavy atom. The highest BCUT2D eigenvalue weighted by Crippen LogP contribution is 2.28. The molecule has 1 amide bonds. The summed E-state index contributed by atoms with van der Waals surface area (Å²) >= 11 is 5.88. The molecule has 0 aliphatic carbocycles. The number of halogens is 1. The Balaban J connectivity index is 2.91. The number of hydrogen-bond acceptors (Lipinski definition) is 3. The van der Waals surface area contributed by atoms with Crippen molar-refractivity contribution in [1.82, 2.24) is 0 Å². The fraction of sp³-hybridized carbons (Fsp3) is 0.222. The number of nitrogen functional groups attached to an aromatic ring is 1. The summed E-state index contributed by atoms with van der Waals surface area (Å²) in [4.78, 5) is 10.8. The summed E-state index contributed by atoms with van der Waals surface area (Å²) in [5, 5.41) is 3.32. The van der Waals surface area contributed by atoms with Gasteiger partial charge in [0.25, 0.3) is 0 Å². The van der Waals surface area contributed by atoms with Crippen molar-refractivity contribution >= 4 is 28.9 Å². The lowest BCUT2D eigenvalue weighted by atomic mass is 10.2. The number of para-hydroxylation sites is 1. The second-order valence-corrected chi connectivity index (χ2v) is 3.38. The highest BCUT2D eigenvalue weighted by atomic mass is 35.5. The van der Waals surface area contributed by atoms with E-state index in [0.29, 0.717) is 16.4 Å². The van der Waals surface area contributed by atoms with E-state index in [0.717, 1.165) is 0 Å². The summed E-state index contributed by atoms with van der Waals surface area (Å²) < 4.78 is 0. The largest absolute Gasteiger partial charge is 0.397 e. The van der Waals surface area contributed by atoms with E-state index in [1.807, 2.05) is 0 Å². The van der Waals surface area contributed by atoms with Crippen LogP contribution in [-0.4, -0.2) is 11.9 Å². The number of hydrogen-bond donors (Lipinski definition) is 3. The predicted octanol–water partition coefficient (Wildman–Crippen LogP) is 1.21. The number of nitrogens with one attached hydrogen (secondary N) is 1. The van der Waals surface area contributed by atoms with E-state index in [1.54, 1.807) is 25.1 Å². The molecule has 14 heavy (non-hydrogen) atoms. The fourth-order valence-electron chi connectivity index (χ4n) is 0.981. The maximum Gasteiger partial charge on any atom is 0.239 e. The van der Waals surface area contributed by atoms with E-state index >= 15 is 0 Å². The minimum absolute atomic E-state index is 0.454. The summed E-state index contributed by atoms with van der Waals surface area (Å²) in [6.07, 6.45) is 0. The van der Waals surface area contributed by atoms with Crippen LogP contribution in [0.25, 0.3) is 0 Å². The summed E-state index contributed by atoms with van der Waals surface area (Å²) in [6, 6.07) is 4.62. The Hall–Kier alpha value is -1.42. The van der Waals surface area contributed by atoms with Gasteiger partial charge in [-0.2, -0.15) is 0 Å². The van der Waals surface area contributed by atoms with Crippen molar-refractivity contribution in [3.05, 3.63) is 23.2 Å². The molecule has 0 spiro atoms. The predicted molar refractivity (Wildman–Crippen MR) is 58.1 cm³/mol. The van der Waals surface area contributed by atoms with Crippen LogP contribution >= 0.6 is 11.6 Å². The van der Waals surface area contributed by atoms with Crippen LogP contribution in [-0.2, 0) is 4.79 Å². The Morgan fingerprint density at radius 3 is 2.71 bits per heavy atom. The van der Waals surface area contributed by atoms with Crippen LogP contribution in [0, 0.1) is 0 Å². The second-order valence-electron chi connectivity index (χ2n) is 2.97. The van der Waals surface area contributed by atoms with Crippen molar-refractivity contribution in [1.29, 1.82) is 0 Å². The van der Waals surface area contributed by atoms with Crippen LogP contribution in [0.5, 0.6) is 0 Å². The molecule has 0 fully saturated rings. The molecule has 1 rings (SSSR count). The summed E-state index contributed by atoms with van der Waals surface area (Å²) in [6.45, 7) is 1.64. The number of carbonyl (C=O) groups is 1. The van der Waals surface area contributed by atoms with Crippen molar-refractivity contribution < 1.29 is 4.79 Å². The van der Waals surface area contributed by atoms with E-state index in [4.69, 9.17) is 23.1 Å². The van der Waals surface area contributed by atoms with Gasteiger partial charge in [0, 0.05) is 0 Å². The monoisotopic (exact) mass is 213 g/mol. The normalized spacial score (nSPS) is 12.1. The zero-order valence-electron chi connectivity index (χ0n) is 7.75. The topological polar surface area (TPSA) is 81.1 Å². The van der Waals surface area contributed by atoms with Crippen LogP contribution in [0.4, 0.5) is 11.4 Å². The standard InChI is InChI=1S/C9H12ClN3O/c1-5(9(12)14)13-8-6(10)3-2-4-7(8)11/h2-5,13H,11H2,1H3,(H2,12,14). The van der Waals surface area contributed by atoms with E-state index in [1.165, 1.54) is 0 Å². The van der Waals surface area contributed by atoms with Crippen LogP contribution < -0.4 is 16.8 Å². The van der Waals surface area contributed by atoms with Crippen LogP contribution in [0.1, 0.15) is 6.92 Å². The van der Waals surface area contributed by atoms with Gasteiger partial charge in [-0.05, 0) is 19.1 Å². The Kier molecular flexibility index (Phi) is 3.19. The summed E-state index contributed by atoms with van der Waals surface area (Å²) in [5.74, 6) is -0.454. The highest BCUT2D eigenvalue weighted by molar-refractivity contribution is 6.34. The number of primary amides is 1. The maximum absolute atomic E-state index is 10.8. The average Bonchev–Trinajstić information content (AvgIpc) is 2.11. The number of rotatable bonds is 3. The van der Waals surface area contributed by atoms with Gasteiger partial charge >= 0.3 is 0 Å². The van der Waals surface area contributed by atoms with Crippen molar-refractivity contribution in [2.75, 3.05) is 11.1 Å². The molecule has 0 heterocycles. The molecule has 0 aliphatic heterocycles. The van der Waals surface area contributed by atoms with Gasteiger partial charge in [-0.1, -0.05) is 17.7 Å². The van der Waals surface area contributed by atoms with Gasteiger partial charge in [-0.3, -0.25) is 4.79 Å². The molecule has 0 aliphatic rings. The fourth-order valence-corrected chi connectivity index (χ4v) is 1.22. The first-order valence-electron chi connectivity index (χ1n) is 4.12. The third kappa shape index (κ3) is 2.29. The third-order valence-electron chi connectivity index (χ3n) is 1.83. The molecule has 0 saturated carbocycles. The Morgan fingerprint density at radius 2 is 2.21 bits per heavy atom. The lowest BCUT2D eigenvalue weighted by Crippen LogP contribution is -2.32. The van der Waals surface area contributed by atoms with E-state index in [9.17, 15) is 4.79 Å². The first-order valence-corrected chi connectivity index (χ1v) is 4.50. The minimum atomic E-state index is -0.503. The van der Waals surface area contributed by atoms with Crippen LogP contribution in [0.2, 0.25) is 5.02 Å². The molecule has 1 aromatic carbocycles. The quantitative estimate of drug-likeness (QED) is 0.660. The molecule has 5 N–H and O–H groups in total. The molecule has 5 heteroatoms. The lowest BCUT2D eigenvalue weighted by Gasteiger charge is -2.14. The van der Waals surface area contributed by atoms with Crippen molar-refractivity contribution in [2.45, 2.75) is 13.0 Å². The maximum atomic E-state index is 10.8. The van der Waals surface area contributed by atoms with Gasteiger partial charge in [0.15, 0.2) is 0 Å². The van der Waals surface area contributed by atoms with Gasteiger partial charge in [-0.15, -0.1) is 0 Å². The number of anilines is 2. The Labute approximate surface area is 87.2 Å². The number of benzene rings is 1. The van der Waals surface area contributed by atoms with E-state index < -0.39 is 11.9 Å². The second kappa shape index (κ2) is 4.19. The van der Waals surface area contributed by atoms with E-state index in [2.05, 4.69) is 5.32 Å².